The summed E-state index contributed by atoms with van der Waals surface area (Å²) in [6.07, 6.45) is 0.161. The fourth-order valence-electron chi connectivity index (χ4n) is 2.14. The van der Waals surface area contributed by atoms with Crippen LogP contribution in [0.5, 0.6) is 0 Å². The molecule has 2 heterocycles. The van der Waals surface area contributed by atoms with Gasteiger partial charge in [0, 0.05) is 19.2 Å². The summed E-state index contributed by atoms with van der Waals surface area (Å²) in [6, 6.07) is -0.546. The summed E-state index contributed by atoms with van der Waals surface area (Å²) in [5, 5.41) is 6.21. The van der Waals surface area contributed by atoms with Crippen LogP contribution < -0.4 is 10.6 Å². The molecule has 1 aliphatic rings. The van der Waals surface area contributed by atoms with Gasteiger partial charge in [-0.2, -0.15) is 0 Å². The first-order valence-electron chi connectivity index (χ1n) is 6.60. The van der Waals surface area contributed by atoms with E-state index in [9.17, 15) is 9.59 Å². The van der Waals surface area contributed by atoms with E-state index < -0.39 is 6.04 Å². The van der Waals surface area contributed by atoms with Crippen molar-refractivity contribution in [3.05, 3.63) is 11.4 Å². The van der Waals surface area contributed by atoms with Crippen LogP contribution in [0, 0.1) is 13.8 Å². The maximum absolute atomic E-state index is 11.9. The molecule has 2 N–H and O–H groups in total. The topological polar surface area (TPSA) is 87.2 Å². The molecule has 0 aliphatic carbocycles. The highest BCUT2D eigenvalue weighted by atomic mass is 16.2. The van der Waals surface area contributed by atoms with Crippen LogP contribution in [-0.2, 0) is 9.59 Å². The number of amides is 2. The van der Waals surface area contributed by atoms with E-state index in [0.29, 0.717) is 11.6 Å². The highest BCUT2D eigenvalue weighted by Crippen LogP contribution is 2.23. The zero-order valence-electron chi connectivity index (χ0n) is 12.1. The molecule has 1 aromatic heterocycles. The summed E-state index contributed by atoms with van der Waals surface area (Å²) in [6.45, 7) is 6.41. The molecule has 2 rings (SSSR count). The summed E-state index contributed by atoms with van der Waals surface area (Å²) >= 11 is 0. The first-order valence-corrected chi connectivity index (χ1v) is 6.60. The van der Waals surface area contributed by atoms with Crippen molar-refractivity contribution < 1.29 is 9.59 Å². The molecule has 0 saturated carbocycles. The molecule has 108 valence electrons. The molecule has 1 fully saturated rings. The standard InChI is InChI=1S/C13H19N5O2/c1-5-14-11-7(2)12(16-8(3)15-11)17-9-6-10(19)18(4)13(9)20/h9H,5-6H2,1-4H3,(H2,14,15,16,17). The second-order valence-corrected chi connectivity index (χ2v) is 4.82. The maximum atomic E-state index is 11.9. The lowest BCUT2D eigenvalue weighted by molar-refractivity contribution is -0.136. The fourth-order valence-corrected chi connectivity index (χ4v) is 2.14. The van der Waals surface area contributed by atoms with Crippen LogP contribution in [0.4, 0.5) is 11.6 Å². The number of hydrogen-bond donors (Lipinski definition) is 2. The highest BCUT2D eigenvalue weighted by Gasteiger charge is 2.36. The average Bonchev–Trinajstić information content (AvgIpc) is 2.63. The Kier molecular flexibility index (Phi) is 3.87. The minimum atomic E-state index is -0.546. The summed E-state index contributed by atoms with van der Waals surface area (Å²) in [5.41, 5.74) is 0.840. The third-order valence-electron chi connectivity index (χ3n) is 3.29. The van der Waals surface area contributed by atoms with Crippen LogP contribution >= 0.6 is 0 Å². The van der Waals surface area contributed by atoms with Gasteiger partial charge >= 0.3 is 0 Å². The van der Waals surface area contributed by atoms with E-state index in [2.05, 4.69) is 20.6 Å². The number of nitrogens with one attached hydrogen (secondary N) is 2. The number of likely N-dealkylation sites (tertiary alicyclic amines) is 1. The number of aromatic nitrogens is 2. The Labute approximate surface area is 117 Å². The summed E-state index contributed by atoms with van der Waals surface area (Å²) in [5.74, 6) is 1.54. The molecule has 2 amide bonds. The Bertz CT molecular complexity index is 558. The van der Waals surface area contributed by atoms with Gasteiger partial charge in [0.15, 0.2) is 0 Å². The van der Waals surface area contributed by atoms with E-state index in [-0.39, 0.29) is 18.2 Å². The van der Waals surface area contributed by atoms with E-state index in [1.165, 1.54) is 7.05 Å². The zero-order chi connectivity index (χ0) is 14.9. The van der Waals surface area contributed by atoms with Crippen molar-refractivity contribution in [1.29, 1.82) is 0 Å². The monoisotopic (exact) mass is 277 g/mol. The Morgan fingerprint density at radius 1 is 1.25 bits per heavy atom. The molecule has 1 aromatic rings. The van der Waals surface area contributed by atoms with Crippen LogP contribution in [0.3, 0.4) is 0 Å². The number of carbonyl (C=O) groups is 2. The van der Waals surface area contributed by atoms with Crippen molar-refractivity contribution in [2.24, 2.45) is 0 Å². The van der Waals surface area contributed by atoms with Crippen molar-refractivity contribution in [2.75, 3.05) is 24.2 Å². The molecule has 0 radical (unpaired) electrons. The van der Waals surface area contributed by atoms with Gasteiger partial charge in [0.25, 0.3) is 5.91 Å². The second-order valence-electron chi connectivity index (χ2n) is 4.82. The van der Waals surface area contributed by atoms with Gasteiger partial charge in [-0.3, -0.25) is 14.5 Å². The summed E-state index contributed by atoms with van der Waals surface area (Å²) in [4.78, 5) is 33.2. The molecule has 20 heavy (non-hydrogen) atoms. The van der Waals surface area contributed by atoms with Crippen LogP contribution in [0.25, 0.3) is 0 Å². The maximum Gasteiger partial charge on any atom is 0.251 e. The number of aryl methyl sites for hydroxylation is 1. The number of nitrogens with zero attached hydrogens (tertiary/aromatic N) is 3. The van der Waals surface area contributed by atoms with Crippen molar-refractivity contribution >= 4 is 23.5 Å². The normalized spacial score (nSPS) is 18.6. The lowest BCUT2D eigenvalue weighted by Gasteiger charge is -2.16. The number of rotatable bonds is 4. The van der Waals surface area contributed by atoms with Crippen molar-refractivity contribution in [3.8, 4) is 0 Å². The van der Waals surface area contributed by atoms with Gasteiger partial charge in [0.1, 0.15) is 23.5 Å². The molecular formula is C13H19N5O2. The molecule has 0 bridgehead atoms. The quantitative estimate of drug-likeness (QED) is 0.788. The van der Waals surface area contributed by atoms with E-state index in [4.69, 9.17) is 0 Å². The molecular weight excluding hydrogens is 258 g/mol. The molecule has 7 nitrogen and oxygen atoms in total. The number of anilines is 2. The third kappa shape index (κ3) is 2.56. The van der Waals surface area contributed by atoms with E-state index in [1.54, 1.807) is 6.92 Å². The van der Waals surface area contributed by atoms with E-state index in [1.807, 2.05) is 13.8 Å². The minimum absolute atomic E-state index is 0.161. The lowest BCUT2D eigenvalue weighted by atomic mass is 10.2. The van der Waals surface area contributed by atoms with Crippen molar-refractivity contribution in [1.82, 2.24) is 14.9 Å². The predicted octanol–water partition coefficient (Wildman–Crippen LogP) is 0.694. The SMILES string of the molecule is CCNc1nc(C)nc(NC2CC(=O)N(C)C2=O)c1C. The van der Waals surface area contributed by atoms with Crippen LogP contribution in [0.15, 0.2) is 0 Å². The summed E-state index contributed by atoms with van der Waals surface area (Å²) in [7, 11) is 1.49. The van der Waals surface area contributed by atoms with Crippen molar-refractivity contribution in [3.63, 3.8) is 0 Å². The Balaban J connectivity index is 2.26. The number of imide groups is 1. The molecule has 1 unspecified atom stereocenters. The van der Waals surface area contributed by atoms with Crippen LogP contribution in [0.1, 0.15) is 24.7 Å². The second kappa shape index (κ2) is 5.44. The Morgan fingerprint density at radius 3 is 2.45 bits per heavy atom. The lowest BCUT2D eigenvalue weighted by Crippen LogP contribution is -2.32. The van der Waals surface area contributed by atoms with Crippen LogP contribution in [-0.4, -0.2) is 46.3 Å². The highest BCUT2D eigenvalue weighted by molar-refractivity contribution is 6.06. The molecule has 1 saturated heterocycles. The Morgan fingerprint density at radius 2 is 1.90 bits per heavy atom. The predicted molar refractivity (Wildman–Crippen MR) is 75.5 cm³/mol. The van der Waals surface area contributed by atoms with Crippen molar-refractivity contribution in [2.45, 2.75) is 33.2 Å². The third-order valence-corrected chi connectivity index (χ3v) is 3.29. The zero-order valence-corrected chi connectivity index (χ0v) is 12.1. The minimum Gasteiger partial charge on any atom is -0.370 e. The van der Waals surface area contributed by atoms with Gasteiger partial charge in [-0.05, 0) is 20.8 Å². The Hall–Kier alpha value is -2.18. The van der Waals surface area contributed by atoms with Crippen LogP contribution in [0.2, 0.25) is 0 Å². The van der Waals surface area contributed by atoms with Gasteiger partial charge in [0.05, 0.1) is 6.42 Å². The van der Waals surface area contributed by atoms with Gasteiger partial charge in [0.2, 0.25) is 5.91 Å². The number of carbonyl (C=O) groups excluding carboxylic acids is 2. The summed E-state index contributed by atoms with van der Waals surface area (Å²) < 4.78 is 0. The van der Waals surface area contributed by atoms with Gasteiger partial charge in [-0.1, -0.05) is 0 Å². The first kappa shape index (κ1) is 14.2. The van der Waals surface area contributed by atoms with Gasteiger partial charge in [-0.25, -0.2) is 9.97 Å². The smallest absolute Gasteiger partial charge is 0.251 e. The molecule has 0 aromatic carbocycles. The molecule has 7 heteroatoms. The molecule has 1 atom stereocenters. The van der Waals surface area contributed by atoms with E-state index >= 15 is 0 Å². The number of likely N-dealkylation sites (N-methyl/N-ethyl adjacent to an activating group) is 1. The average molecular weight is 277 g/mol. The first-order chi connectivity index (χ1) is 9.43. The van der Waals surface area contributed by atoms with Gasteiger partial charge < -0.3 is 10.6 Å². The number of hydrogen-bond acceptors (Lipinski definition) is 6. The largest absolute Gasteiger partial charge is 0.370 e. The molecule has 1 aliphatic heterocycles. The van der Waals surface area contributed by atoms with E-state index in [0.717, 1.165) is 22.8 Å². The van der Waals surface area contributed by atoms with Gasteiger partial charge in [-0.15, -0.1) is 0 Å². The molecule has 0 spiro atoms. The fraction of sp³-hybridized carbons (Fsp3) is 0.538.